The van der Waals surface area contributed by atoms with Gasteiger partial charge in [-0.1, -0.05) is 29.8 Å². The van der Waals surface area contributed by atoms with Crippen molar-refractivity contribution in [3.8, 4) is 0 Å². The number of sulfonamides is 1. The van der Waals surface area contributed by atoms with E-state index in [1.807, 2.05) is 0 Å². The maximum absolute atomic E-state index is 12.6. The van der Waals surface area contributed by atoms with Crippen molar-refractivity contribution in [1.29, 1.82) is 0 Å². The van der Waals surface area contributed by atoms with E-state index >= 15 is 0 Å². The molecule has 0 spiro atoms. The van der Waals surface area contributed by atoms with Gasteiger partial charge in [0.05, 0.1) is 28.7 Å². The van der Waals surface area contributed by atoms with Gasteiger partial charge in [0.2, 0.25) is 0 Å². The Bertz CT molecular complexity index is 865. The number of hydrogen-bond donors (Lipinski definition) is 1. The number of carbonyl (C=O) groups excluding carboxylic acids is 1. The summed E-state index contributed by atoms with van der Waals surface area (Å²) in [5.74, 6) is -0.242. The molecule has 1 amide bonds. The summed E-state index contributed by atoms with van der Waals surface area (Å²) in [6.07, 6.45) is 0. The number of carbonyl (C=O) groups is 1. The van der Waals surface area contributed by atoms with E-state index in [0.29, 0.717) is 26.3 Å². The van der Waals surface area contributed by atoms with Crippen LogP contribution in [0.25, 0.3) is 0 Å². The first-order valence-electron chi connectivity index (χ1n) is 7.72. The molecule has 6 nitrogen and oxygen atoms in total. The number of morpholine rings is 1. The molecule has 3 rings (SSSR count). The molecule has 2 aromatic rings. The Morgan fingerprint density at radius 2 is 1.76 bits per heavy atom. The minimum atomic E-state index is -3.73. The number of benzene rings is 2. The lowest BCUT2D eigenvalue weighted by Crippen LogP contribution is -2.40. The van der Waals surface area contributed by atoms with E-state index in [1.54, 1.807) is 23.1 Å². The molecular weight excluding hydrogens is 364 g/mol. The lowest BCUT2D eigenvalue weighted by Gasteiger charge is -2.27. The molecule has 1 saturated heterocycles. The van der Waals surface area contributed by atoms with Crippen LogP contribution in [0.3, 0.4) is 0 Å². The van der Waals surface area contributed by atoms with Crippen LogP contribution in [0.2, 0.25) is 5.02 Å². The normalized spacial score (nSPS) is 15.0. The molecule has 8 heteroatoms. The highest BCUT2D eigenvalue weighted by Gasteiger charge is 2.22. The van der Waals surface area contributed by atoms with Crippen molar-refractivity contribution < 1.29 is 17.9 Å². The summed E-state index contributed by atoms with van der Waals surface area (Å²) in [6.45, 7) is 1.91. The summed E-state index contributed by atoms with van der Waals surface area (Å²) in [5.41, 5.74) is 0.543. The van der Waals surface area contributed by atoms with Gasteiger partial charge in [0.15, 0.2) is 0 Å². The summed E-state index contributed by atoms with van der Waals surface area (Å²) in [7, 11) is -3.73. The van der Waals surface area contributed by atoms with Gasteiger partial charge in [-0.05, 0) is 30.3 Å². The fraction of sp³-hybridized carbons (Fsp3) is 0.235. The van der Waals surface area contributed by atoms with Gasteiger partial charge in [0.25, 0.3) is 15.9 Å². The quantitative estimate of drug-likeness (QED) is 0.884. The van der Waals surface area contributed by atoms with Crippen molar-refractivity contribution in [1.82, 2.24) is 4.90 Å². The molecular formula is C17H17ClN2O4S. The van der Waals surface area contributed by atoms with Crippen LogP contribution in [0, 0.1) is 0 Å². The average molecular weight is 381 g/mol. The summed E-state index contributed by atoms with van der Waals surface area (Å²) < 4.78 is 32.5. The summed E-state index contributed by atoms with van der Waals surface area (Å²) >= 11 is 6.14. The number of nitrogens with zero attached hydrogens (tertiary/aromatic N) is 1. The van der Waals surface area contributed by atoms with Crippen molar-refractivity contribution >= 4 is 33.2 Å². The Morgan fingerprint density at radius 1 is 1.08 bits per heavy atom. The van der Waals surface area contributed by atoms with Gasteiger partial charge in [0.1, 0.15) is 0 Å². The summed E-state index contributed by atoms with van der Waals surface area (Å²) in [4.78, 5) is 14.4. The zero-order valence-electron chi connectivity index (χ0n) is 13.3. The average Bonchev–Trinajstić information content (AvgIpc) is 2.64. The molecule has 0 bridgehead atoms. The minimum Gasteiger partial charge on any atom is -0.378 e. The maximum atomic E-state index is 12.6. The number of rotatable bonds is 4. The van der Waals surface area contributed by atoms with Crippen molar-refractivity contribution in [3.05, 3.63) is 59.1 Å². The van der Waals surface area contributed by atoms with Gasteiger partial charge in [-0.2, -0.15) is 0 Å². The highest BCUT2D eigenvalue weighted by molar-refractivity contribution is 7.92. The third-order valence-electron chi connectivity index (χ3n) is 3.80. The SMILES string of the molecule is O=C(c1cc(NS(=O)(=O)c2ccccc2)ccc1Cl)N1CCOCC1. The fourth-order valence-corrected chi connectivity index (χ4v) is 3.77. The zero-order valence-corrected chi connectivity index (χ0v) is 14.9. The number of hydrogen-bond acceptors (Lipinski definition) is 4. The lowest BCUT2D eigenvalue weighted by atomic mass is 10.1. The van der Waals surface area contributed by atoms with Crippen LogP contribution in [-0.4, -0.2) is 45.5 Å². The van der Waals surface area contributed by atoms with Crippen LogP contribution < -0.4 is 4.72 Å². The Labute approximate surface area is 151 Å². The van der Waals surface area contributed by atoms with Gasteiger partial charge in [-0.15, -0.1) is 0 Å². The fourth-order valence-electron chi connectivity index (χ4n) is 2.50. The van der Waals surface area contributed by atoms with Gasteiger partial charge >= 0.3 is 0 Å². The molecule has 0 unspecified atom stereocenters. The standard InChI is InChI=1S/C17H17ClN2O4S/c18-16-7-6-13(19-25(22,23)14-4-2-1-3-5-14)12-15(16)17(21)20-8-10-24-11-9-20/h1-7,12,19H,8-11H2. The van der Waals surface area contributed by atoms with E-state index in [1.165, 1.54) is 30.3 Å². The molecule has 0 saturated carbocycles. The van der Waals surface area contributed by atoms with E-state index in [2.05, 4.69) is 4.72 Å². The third-order valence-corrected chi connectivity index (χ3v) is 5.53. The summed E-state index contributed by atoms with van der Waals surface area (Å²) in [5, 5.41) is 0.277. The number of ether oxygens (including phenoxy) is 1. The first-order valence-corrected chi connectivity index (χ1v) is 9.58. The van der Waals surface area contributed by atoms with Crippen molar-refractivity contribution in [2.75, 3.05) is 31.0 Å². The molecule has 1 fully saturated rings. The van der Waals surface area contributed by atoms with Gasteiger partial charge in [-0.3, -0.25) is 9.52 Å². The first-order chi connectivity index (χ1) is 12.0. The minimum absolute atomic E-state index is 0.144. The van der Waals surface area contributed by atoms with E-state index in [0.717, 1.165) is 0 Å². The van der Waals surface area contributed by atoms with E-state index in [4.69, 9.17) is 16.3 Å². The topological polar surface area (TPSA) is 75.7 Å². The van der Waals surface area contributed by atoms with Crippen LogP contribution in [0.5, 0.6) is 0 Å². The maximum Gasteiger partial charge on any atom is 0.261 e. The second kappa shape index (κ2) is 7.43. The number of nitrogens with one attached hydrogen (secondary N) is 1. The second-order valence-electron chi connectivity index (χ2n) is 5.52. The van der Waals surface area contributed by atoms with Gasteiger partial charge < -0.3 is 9.64 Å². The molecule has 0 atom stereocenters. The molecule has 25 heavy (non-hydrogen) atoms. The highest BCUT2D eigenvalue weighted by atomic mass is 35.5. The van der Waals surface area contributed by atoms with Gasteiger partial charge in [-0.25, -0.2) is 8.42 Å². The lowest BCUT2D eigenvalue weighted by molar-refractivity contribution is 0.0303. The third kappa shape index (κ3) is 4.12. The largest absolute Gasteiger partial charge is 0.378 e. The van der Waals surface area contributed by atoms with Gasteiger partial charge in [0, 0.05) is 18.8 Å². The van der Waals surface area contributed by atoms with E-state index < -0.39 is 10.0 Å². The molecule has 2 aromatic carbocycles. The van der Waals surface area contributed by atoms with Crippen LogP contribution in [0.4, 0.5) is 5.69 Å². The van der Waals surface area contributed by atoms with Crippen molar-refractivity contribution in [2.24, 2.45) is 0 Å². The summed E-state index contributed by atoms with van der Waals surface area (Å²) in [6, 6.07) is 12.5. The molecule has 0 aromatic heterocycles. The molecule has 0 aliphatic carbocycles. The molecule has 132 valence electrons. The Morgan fingerprint density at radius 3 is 2.44 bits per heavy atom. The molecule has 1 N–H and O–H groups in total. The second-order valence-corrected chi connectivity index (χ2v) is 7.61. The van der Waals surface area contributed by atoms with Crippen LogP contribution in [0.1, 0.15) is 10.4 Å². The highest BCUT2D eigenvalue weighted by Crippen LogP contribution is 2.24. The van der Waals surface area contributed by atoms with Crippen LogP contribution >= 0.6 is 11.6 Å². The first kappa shape index (κ1) is 17.7. The Kier molecular flexibility index (Phi) is 5.27. The predicted molar refractivity (Wildman–Crippen MR) is 95.4 cm³/mol. The predicted octanol–water partition coefficient (Wildman–Crippen LogP) is 2.61. The number of anilines is 1. The number of amides is 1. The zero-order chi connectivity index (χ0) is 17.9. The molecule has 1 aliphatic rings. The van der Waals surface area contributed by atoms with Crippen LogP contribution in [-0.2, 0) is 14.8 Å². The van der Waals surface area contributed by atoms with E-state index in [-0.39, 0.29) is 27.1 Å². The molecule has 0 radical (unpaired) electrons. The van der Waals surface area contributed by atoms with Crippen LogP contribution in [0.15, 0.2) is 53.4 Å². The van der Waals surface area contributed by atoms with Crippen molar-refractivity contribution in [3.63, 3.8) is 0 Å². The Hall–Kier alpha value is -2.09. The van der Waals surface area contributed by atoms with E-state index in [9.17, 15) is 13.2 Å². The number of halogens is 1. The smallest absolute Gasteiger partial charge is 0.261 e. The Balaban J connectivity index is 1.85. The monoisotopic (exact) mass is 380 g/mol. The van der Waals surface area contributed by atoms with Crippen molar-refractivity contribution in [2.45, 2.75) is 4.90 Å². The molecule has 1 aliphatic heterocycles. The molecule has 1 heterocycles.